The molecular weight excluding hydrogens is 515 g/mol. The number of amides is 3. The lowest BCUT2D eigenvalue weighted by Crippen LogP contribution is -2.64. The Labute approximate surface area is 216 Å². The zero-order chi connectivity index (χ0) is 25.1. The third-order valence-electron chi connectivity index (χ3n) is 5.48. The molecule has 2 aliphatic rings. The van der Waals surface area contributed by atoms with E-state index in [1.807, 2.05) is 0 Å². The number of rotatable bonds is 8. The first kappa shape index (κ1) is 25.3. The summed E-state index contributed by atoms with van der Waals surface area (Å²) in [5, 5.41) is 14.4. The van der Waals surface area contributed by atoms with Gasteiger partial charge < -0.3 is 19.6 Å². The summed E-state index contributed by atoms with van der Waals surface area (Å²) in [6.45, 7) is -0.0429. The lowest BCUT2D eigenvalue weighted by Gasteiger charge is -2.36. The summed E-state index contributed by atoms with van der Waals surface area (Å²) in [5.41, 5.74) is 0.492. The second kappa shape index (κ2) is 10.9. The van der Waals surface area contributed by atoms with Crippen LogP contribution in [0, 0.1) is 0 Å². The number of ketones is 1. The van der Waals surface area contributed by atoms with Crippen LogP contribution in [0.15, 0.2) is 53.5 Å². The van der Waals surface area contributed by atoms with Crippen molar-refractivity contribution < 1.29 is 24.2 Å². The van der Waals surface area contributed by atoms with E-state index in [-0.39, 0.29) is 24.7 Å². The average Bonchev–Trinajstić information content (AvgIpc) is 3.20. The number of aliphatic hydroxyl groups excluding tert-OH is 1. The Morgan fingerprint density at radius 3 is 2.43 bits per heavy atom. The summed E-state index contributed by atoms with van der Waals surface area (Å²) < 4.78 is 5.62. The van der Waals surface area contributed by atoms with E-state index in [9.17, 15) is 19.5 Å². The molecule has 2 aromatic rings. The van der Waals surface area contributed by atoms with Crippen LogP contribution in [0.5, 0.6) is 5.75 Å². The van der Waals surface area contributed by atoms with Gasteiger partial charge in [0.1, 0.15) is 18.5 Å². The molecule has 2 aromatic carbocycles. The number of amidine groups is 1. The number of imide groups is 1. The van der Waals surface area contributed by atoms with Crippen LogP contribution in [0.2, 0.25) is 10.0 Å². The largest absolute Gasteiger partial charge is 0.491 e. The van der Waals surface area contributed by atoms with Gasteiger partial charge in [-0.15, -0.1) is 0 Å². The fourth-order valence-electron chi connectivity index (χ4n) is 3.66. The number of carbonyl (C=O) groups is 3. The third kappa shape index (κ3) is 5.90. The standard InChI is InChI=1S/C23H22Cl2N4O5S/c1-28-20-19(21(32)27-22(28)33)29(10-16(30)11-34-17-8-6-15(25)7-9-17)23(26-20)35-12-18(31)13-2-4-14(24)5-3-13/h2-9,16,19-20,30H,10-12H2,1H3,(H,27,32,33). The number of thioether (sulfide) groups is 1. The molecule has 0 spiro atoms. The first-order valence-corrected chi connectivity index (χ1v) is 12.4. The maximum Gasteiger partial charge on any atom is 0.325 e. The summed E-state index contributed by atoms with van der Waals surface area (Å²) in [6, 6.07) is 11.9. The van der Waals surface area contributed by atoms with Crippen LogP contribution in [-0.4, -0.2) is 82.1 Å². The smallest absolute Gasteiger partial charge is 0.325 e. The number of hydrogen-bond acceptors (Lipinski definition) is 8. The molecule has 0 aliphatic carbocycles. The zero-order valence-electron chi connectivity index (χ0n) is 18.6. The average molecular weight is 537 g/mol. The van der Waals surface area contributed by atoms with E-state index in [2.05, 4.69) is 10.3 Å². The van der Waals surface area contributed by atoms with E-state index in [0.29, 0.717) is 26.5 Å². The molecule has 12 heteroatoms. The van der Waals surface area contributed by atoms with Crippen LogP contribution >= 0.6 is 35.0 Å². The maximum absolute atomic E-state index is 12.7. The van der Waals surface area contributed by atoms with Crippen LogP contribution in [0.4, 0.5) is 4.79 Å². The minimum absolute atomic E-state index is 0.00513. The van der Waals surface area contributed by atoms with Crippen molar-refractivity contribution in [1.29, 1.82) is 0 Å². The number of nitrogens with zero attached hydrogens (tertiary/aromatic N) is 3. The number of benzene rings is 2. The number of urea groups is 1. The molecule has 0 saturated carbocycles. The quantitative estimate of drug-likeness (QED) is 0.499. The highest BCUT2D eigenvalue weighted by Crippen LogP contribution is 2.29. The lowest BCUT2D eigenvalue weighted by atomic mass is 10.1. The fourth-order valence-corrected chi connectivity index (χ4v) is 4.88. The number of fused-ring (bicyclic) bond motifs is 1. The Bertz CT molecular complexity index is 1150. The van der Waals surface area contributed by atoms with Crippen molar-refractivity contribution in [2.45, 2.75) is 18.3 Å². The van der Waals surface area contributed by atoms with Crippen molar-refractivity contribution in [3.05, 3.63) is 64.1 Å². The second-order valence-electron chi connectivity index (χ2n) is 7.97. The van der Waals surface area contributed by atoms with E-state index in [0.717, 1.165) is 11.8 Å². The van der Waals surface area contributed by atoms with Gasteiger partial charge >= 0.3 is 6.03 Å². The van der Waals surface area contributed by atoms with Crippen molar-refractivity contribution in [2.75, 3.05) is 26.0 Å². The van der Waals surface area contributed by atoms with Crippen molar-refractivity contribution in [2.24, 2.45) is 4.99 Å². The molecule has 0 aromatic heterocycles. The highest BCUT2D eigenvalue weighted by molar-refractivity contribution is 8.14. The molecule has 4 rings (SSSR count). The first-order chi connectivity index (χ1) is 16.7. The molecule has 1 saturated heterocycles. The fraction of sp³-hybridized carbons (Fsp3) is 0.304. The number of hydrogen-bond donors (Lipinski definition) is 2. The predicted molar refractivity (Wildman–Crippen MR) is 134 cm³/mol. The summed E-state index contributed by atoms with van der Waals surface area (Å²) >= 11 is 12.9. The van der Waals surface area contributed by atoms with Crippen LogP contribution in [0.1, 0.15) is 10.4 Å². The van der Waals surface area contributed by atoms with Gasteiger partial charge in [0.2, 0.25) is 0 Å². The number of nitrogens with one attached hydrogen (secondary N) is 1. The number of Topliss-reactive ketones (excluding diaryl/α,β-unsaturated/α-hetero) is 1. The molecule has 3 amide bonds. The van der Waals surface area contributed by atoms with E-state index < -0.39 is 30.2 Å². The first-order valence-electron chi connectivity index (χ1n) is 10.6. The van der Waals surface area contributed by atoms with Crippen LogP contribution < -0.4 is 10.1 Å². The Balaban J connectivity index is 1.46. The van der Waals surface area contributed by atoms with Crippen molar-refractivity contribution in [3.8, 4) is 5.75 Å². The number of ether oxygens (including phenoxy) is 1. The number of carbonyl (C=O) groups excluding carboxylic acids is 3. The van der Waals surface area contributed by atoms with E-state index >= 15 is 0 Å². The summed E-state index contributed by atoms with van der Waals surface area (Å²) in [4.78, 5) is 44.9. The van der Waals surface area contributed by atoms with Gasteiger partial charge in [0.05, 0.1) is 12.3 Å². The minimum Gasteiger partial charge on any atom is -0.491 e. The minimum atomic E-state index is -0.988. The summed E-state index contributed by atoms with van der Waals surface area (Å²) in [5.74, 6) is -0.0881. The zero-order valence-corrected chi connectivity index (χ0v) is 20.9. The predicted octanol–water partition coefficient (Wildman–Crippen LogP) is 2.90. The molecule has 1 fully saturated rings. The monoisotopic (exact) mass is 536 g/mol. The van der Waals surface area contributed by atoms with Gasteiger partial charge in [-0.25, -0.2) is 9.79 Å². The molecule has 184 valence electrons. The van der Waals surface area contributed by atoms with Crippen LogP contribution in [0.25, 0.3) is 0 Å². The second-order valence-corrected chi connectivity index (χ2v) is 9.78. The molecule has 35 heavy (non-hydrogen) atoms. The number of halogens is 2. The molecule has 2 heterocycles. The topological polar surface area (TPSA) is 112 Å². The number of β-amino-alcohol motifs (C(OH)–C–C–N with tert-alkyl or cyclic N) is 1. The number of likely N-dealkylation sites (N-methyl/N-ethyl adjacent to an activating group) is 1. The highest BCUT2D eigenvalue weighted by atomic mass is 35.5. The van der Waals surface area contributed by atoms with Crippen LogP contribution in [-0.2, 0) is 4.79 Å². The molecule has 2 N–H and O–H groups in total. The number of aliphatic hydroxyl groups is 1. The summed E-state index contributed by atoms with van der Waals surface area (Å²) in [7, 11) is 1.54. The van der Waals surface area contributed by atoms with Crippen molar-refractivity contribution in [3.63, 3.8) is 0 Å². The summed E-state index contributed by atoms with van der Waals surface area (Å²) in [6.07, 6.45) is -1.76. The van der Waals surface area contributed by atoms with Gasteiger partial charge in [0.25, 0.3) is 5.91 Å². The Morgan fingerprint density at radius 2 is 1.77 bits per heavy atom. The molecule has 9 nitrogen and oxygen atoms in total. The van der Waals surface area contributed by atoms with E-state index in [4.69, 9.17) is 27.9 Å². The Morgan fingerprint density at radius 1 is 1.14 bits per heavy atom. The van der Waals surface area contributed by atoms with Crippen molar-refractivity contribution >= 4 is 57.9 Å². The van der Waals surface area contributed by atoms with Gasteiger partial charge in [-0.1, -0.05) is 35.0 Å². The van der Waals surface area contributed by atoms with Crippen molar-refractivity contribution in [1.82, 2.24) is 15.1 Å². The normalized spacial score (nSPS) is 20.3. The van der Waals surface area contributed by atoms with E-state index in [1.165, 1.54) is 11.9 Å². The molecule has 2 aliphatic heterocycles. The third-order valence-corrected chi connectivity index (χ3v) is 6.99. The van der Waals surface area contributed by atoms with Gasteiger partial charge in [-0.05, 0) is 48.5 Å². The highest BCUT2D eigenvalue weighted by Gasteiger charge is 2.49. The van der Waals surface area contributed by atoms with Gasteiger partial charge in [0, 0.05) is 22.7 Å². The van der Waals surface area contributed by atoms with Gasteiger partial charge in [0.15, 0.2) is 23.2 Å². The molecular formula is C23H22Cl2N4O5S. The Kier molecular flexibility index (Phi) is 7.85. The lowest BCUT2D eigenvalue weighted by molar-refractivity contribution is -0.127. The van der Waals surface area contributed by atoms with Gasteiger partial charge in [-0.3, -0.25) is 14.9 Å². The number of aliphatic imine (C=N–C) groups is 1. The maximum atomic E-state index is 12.7. The molecule has 0 bridgehead atoms. The SMILES string of the molecule is CN1C(=O)NC(=O)C2C1N=C(SCC(=O)c1ccc(Cl)cc1)N2CC(O)COc1ccc(Cl)cc1. The van der Waals surface area contributed by atoms with Gasteiger partial charge in [-0.2, -0.15) is 0 Å². The Hall–Kier alpha value is -2.79. The molecule has 0 radical (unpaired) electrons. The van der Waals surface area contributed by atoms with E-state index in [1.54, 1.807) is 53.4 Å². The molecule has 3 unspecified atom stereocenters. The molecule has 3 atom stereocenters. The van der Waals surface area contributed by atoms with Crippen LogP contribution in [0.3, 0.4) is 0 Å².